The average Bonchev–Trinajstić information content (AvgIpc) is 2.92. The van der Waals surface area contributed by atoms with Crippen molar-refractivity contribution in [1.82, 2.24) is 9.80 Å². The van der Waals surface area contributed by atoms with Crippen LogP contribution in [0.15, 0.2) is 0 Å². The lowest BCUT2D eigenvalue weighted by atomic mass is 9.70. The minimum absolute atomic E-state index is 0.264. The topological polar surface area (TPSA) is 35.9 Å². The summed E-state index contributed by atoms with van der Waals surface area (Å²) in [5, 5.41) is 10.4. The number of rotatable bonds is 5. The highest BCUT2D eigenvalue weighted by molar-refractivity contribution is 5.09. The molecule has 0 spiro atoms. The van der Waals surface area contributed by atoms with Crippen molar-refractivity contribution in [2.24, 2.45) is 16.7 Å². The summed E-state index contributed by atoms with van der Waals surface area (Å²) in [6.07, 6.45) is 3.90. The van der Waals surface area contributed by atoms with Crippen molar-refractivity contribution in [3.63, 3.8) is 0 Å². The van der Waals surface area contributed by atoms with Gasteiger partial charge in [0.25, 0.3) is 0 Å². The molecule has 0 aromatic rings. The average molecular weight is 310 g/mol. The number of fused-ring (bicyclic) bond motifs is 2. The van der Waals surface area contributed by atoms with Crippen molar-refractivity contribution in [2.75, 3.05) is 46.4 Å². The van der Waals surface area contributed by atoms with Gasteiger partial charge in [0.05, 0.1) is 18.8 Å². The number of piperazine rings is 1. The van der Waals surface area contributed by atoms with Crippen LogP contribution in [0.5, 0.6) is 0 Å². The van der Waals surface area contributed by atoms with Gasteiger partial charge in [0, 0.05) is 32.7 Å². The Balaban J connectivity index is 1.48. The van der Waals surface area contributed by atoms with Crippen molar-refractivity contribution >= 4 is 0 Å². The summed E-state index contributed by atoms with van der Waals surface area (Å²) in [6.45, 7) is 12.7. The van der Waals surface area contributed by atoms with Gasteiger partial charge in [0.1, 0.15) is 0 Å². The van der Waals surface area contributed by atoms with Crippen LogP contribution in [0, 0.1) is 16.7 Å². The molecule has 22 heavy (non-hydrogen) atoms. The Hall–Kier alpha value is -0.160. The first-order valence-electron chi connectivity index (χ1n) is 9.02. The normalized spacial score (nSPS) is 40.2. The molecule has 2 bridgehead atoms. The van der Waals surface area contributed by atoms with Gasteiger partial charge in [-0.15, -0.1) is 0 Å². The predicted molar refractivity (Wildman–Crippen MR) is 88.9 cm³/mol. The van der Waals surface area contributed by atoms with Gasteiger partial charge in [0.2, 0.25) is 0 Å². The Morgan fingerprint density at radius 1 is 1.18 bits per heavy atom. The van der Waals surface area contributed by atoms with Crippen LogP contribution in [0.2, 0.25) is 0 Å². The fourth-order valence-electron chi connectivity index (χ4n) is 5.26. The molecule has 1 heterocycles. The van der Waals surface area contributed by atoms with Crippen LogP contribution in [0.1, 0.15) is 40.0 Å². The van der Waals surface area contributed by atoms with Gasteiger partial charge in [-0.25, -0.2) is 0 Å². The Bertz CT molecular complexity index is 388. The second kappa shape index (κ2) is 6.04. The van der Waals surface area contributed by atoms with E-state index in [4.69, 9.17) is 4.74 Å². The lowest BCUT2D eigenvalue weighted by Gasteiger charge is -2.43. The summed E-state index contributed by atoms with van der Waals surface area (Å²) in [5.74, 6) is 0.803. The molecule has 2 aliphatic carbocycles. The van der Waals surface area contributed by atoms with Crippen LogP contribution in [-0.4, -0.2) is 73.5 Å². The van der Waals surface area contributed by atoms with E-state index in [0.29, 0.717) is 18.1 Å². The molecule has 128 valence electrons. The largest absolute Gasteiger partial charge is 0.389 e. The molecule has 0 unspecified atom stereocenters. The van der Waals surface area contributed by atoms with E-state index in [1.54, 1.807) is 0 Å². The van der Waals surface area contributed by atoms with Crippen LogP contribution in [0.25, 0.3) is 0 Å². The number of aliphatic hydroxyl groups is 1. The van der Waals surface area contributed by atoms with E-state index in [1.165, 1.54) is 19.3 Å². The number of likely N-dealkylation sites (N-methyl/N-ethyl adjacent to an activating group) is 1. The van der Waals surface area contributed by atoms with Crippen LogP contribution in [0.3, 0.4) is 0 Å². The van der Waals surface area contributed by atoms with E-state index >= 15 is 0 Å². The van der Waals surface area contributed by atoms with Crippen molar-refractivity contribution < 1.29 is 9.84 Å². The maximum Gasteiger partial charge on any atom is 0.0900 e. The zero-order valence-corrected chi connectivity index (χ0v) is 14.8. The zero-order chi connectivity index (χ0) is 16.0. The number of aliphatic hydroxyl groups excluding tert-OH is 1. The SMILES string of the molecule is CN1CCN(C[C@@H](O)CO[C@@H]2C(C)(C)[C@@H]3CC[C@@]2(C)C3)CC1. The van der Waals surface area contributed by atoms with E-state index < -0.39 is 0 Å². The van der Waals surface area contributed by atoms with Gasteiger partial charge in [-0.2, -0.15) is 0 Å². The molecule has 1 N–H and O–H groups in total. The summed E-state index contributed by atoms with van der Waals surface area (Å²) in [4.78, 5) is 4.71. The molecule has 4 atom stereocenters. The summed E-state index contributed by atoms with van der Waals surface area (Å²) < 4.78 is 6.29. The standard InChI is InChI=1S/C18H34N2O2/c1-17(2)14-5-6-18(3,11-14)16(17)22-13-15(21)12-20-9-7-19(4)8-10-20/h14-16,21H,5-13H2,1-4H3/t14-,15-,16-,18+/m1/s1. The van der Waals surface area contributed by atoms with Crippen molar-refractivity contribution in [2.45, 2.75) is 52.2 Å². The molecule has 0 aromatic carbocycles. The first-order valence-corrected chi connectivity index (χ1v) is 9.02. The predicted octanol–water partition coefficient (Wildman–Crippen LogP) is 1.83. The summed E-state index contributed by atoms with van der Waals surface area (Å²) in [5.41, 5.74) is 0.599. The lowest BCUT2D eigenvalue weighted by Crippen LogP contribution is -2.48. The van der Waals surface area contributed by atoms with Gasteiger partial charge in [-0.3, -0.25) is 4.90 Å². The summed E-state index contributed by atoms with van der Waals surface area (Å²) in [7, 11) is 2.16. The molecule has 3 rings (SSSR count). The van der Waals surface area contributed by atoms with Gasteiger partial charge >= 0.3 is 0 Å². The number of hydrogen-bond donors (Lipinski definition) is 1. The summed E-state index contributed by atoms with van der Waals surface area (Å²) in [6, 6.07) is 0. The fraction of sp³-hybridized carbons (Fsp3) is 1.00. The summed E-state index contributed by atoms with van der Waals surface area (Å²) >= 11 is 0. The molecule has 4 nitrogen and oxygen atoms in total. The molecule has 0 aromatic heterocycles. The molecule has 3 aliphatic rings. The maximum atomic E-state index is 10.4. The highest BCUT2D eigenvalue weighted by Gasteiger charge is 2.60. The first-order chi connectivity index (χ1) is 10.3. The number of β-amino-alcohol motifs (C(OH)–C–C–N with tert-alkyl or cyclic N) is 1. The maximum absolute atomic E-state index is 10.4. The highest BCUT2D eigenvalue weighted by Crippen LogP contribution is 2.63. The van der Waals surface area contributed by atoms with E-state index in [0.717, 1.165) is 38.6 Å². The quantitative estimate of drug-likeness (QED) is 0.840. The van der Waals surface area contributed by atoms with Gasteiger partial charge in [-0.1, -0.05) is 20.8 Å². The fourth-order valence-corrected chi connectivity index (χ4v) is 5.26. The lowest BCUT2D eigenvalue weighted by molar-refractivity contribution is -0.114. The van der Waals surface area contributed by atoms with Gasteiger partial charge < -0.3 is 14.7 Å². The third-order valence-corrected chi connectivity index (χ3v) is 6.66. The van der Waals surface area contributed by atoms with E-state index in [9.17, 15) is 5.11 Å². The van der Waals surface area contributed by atoms with Crippen molar-refractivity contribution in [3.05, 3.63) is 0 Å². The zero-order valence-electron chi connectivity index (χ0n) is 14.8. The second-order valence-corrected chi connectivity index (χ2v) is 8.89. The smallest absolute Gasteiger partial charge is 0.0900 e. The van der Waals surface area contributed by atoms with Crippen molar-refractivity contribution in [1.29, 1.82) is 0 Å². The molecular formula is C18H34N2O2. The molecule has 3 fully saturated rings. The van der Waals surface area contributed by atoms with Crippen LogP contribution in [0.4, 0.5) is 0 Å². The molecule has 1 aliphatic heterocycles. The third-order valence-electron chi connectivity index (χ3n) is 6.66. The number of ether oxygens (including phenoxy) is 1. The molecule has 0 radical (unpaired) electrons. The van der Waals surface area contributed by atoms with E-state index in [1.807, 2.05) is 0 Å². The molecule has 0 amide bonds. The monoisotopic (exact) mass is 310 g/mol. The Labute approximate surface area is 135 Å². The number of nitrogens with zero attached hydrogens (tertiary/aromatic N) is 2. The minimum Gasteiger partial charge on any atom is -0.389 e. The van der Waals surface area contributed by atoms with Crippen LogP contribution < -0.4 is 0 Å². The highest BCUT2D eigenvalue weighted by atomic mass is 16.5. The number of hydrogen-bond acceptors (Lipinski definition) is 4. The Morgan fingerprint density at radius 2 is 1.86 bits per heavy atom. The van der Waals surface area contributed by atoms with Crippen molar-refractivity contribution in [3.8, 4) is 0 Å². The second-order valence-electron chi connectivity index (χ2n) is 8.89. The Morgan fingerprint density at radius 3 is 2.45 bits per heavy atom. The van der Waals surface area contributed by atoms with E-state index in [2.05, 4.69) is 37.6 Å². The minimum atomic E-state index is -0.359. The van der Waals surface area contributed by atoms with Crippen LogP contribution in [-0.2, 0) is 4.74 Å². The Kier molecular flexibility index (Phi) is 4.59. The first kappa shape index (κ1) is 16.7. The molecule has 4 heteroatoms. The molecular weight excluding hydrogens is 276 g/mol. The third kappa shape index (κ3) is 3.08. The van der Waals surface area contributed by atoms with Gasteiger partial charge in [0.15, 0.2) is 0 Å². The van der Waals surface area contributed by atoms with Gasteiger partial charge in [-0.05, 0) is 43.1 Å². The molecule has 1 saturated heterocycles. The van der Waals surface area contributed by atoms with Crippen LogP contribution >= 0.6 is 0 Å². The molecule has 2 saturated carbocycles. The van der Waals surface area contributed by atoms with E-state index in [-0.39, 0.29) is 11.5 Å².